The van der Waals surface area contributed by atoms with Crippen molar-refractivity contribution in [2.45, 2.75) is 32.4 Å². The Balaban J connectivity index is 0.00000192. The van der Waals surface area contributed by atoms with Crippen molar-refractivity contribution in [2.24, 2.45) is 0 Å². The van der Waals surface area contributed by atoms with Crippen LogP contribution in [-0.2, 0) is 6.54 Å². The third-order valence-corrected chi connectivity index (χ3v) is 4.02. The Morgan fingerprint density at radius 3 is 3.04 bits per heavy atom. The number of rotatable bonds is 4. The van der Waals surface area contributed by atoms with Crippen LogP contribution in [0.5, 0.6) is 0 Å². The number of benzene rings is 1. The number of halogens is 1. The SMILES string of the molecule is Cc1cccc(CNC(=O)c2ccn(C3CCCNC3)n2)c1.Cl. The number of aryl methyl sites for hydroxylation is 1. The number of nitrogens with one attached hydrogen (secondary N) is 2. The molecule has 1 aliphatic rings. The zero-order valence-corrected chi connectivity index (χ0v) is 14.1. The van der Waals surface area contributed by atoms with Crippen molar-refractivity contribution in [3.8, 4) is 0 Å². The maximum atomic E-state index is 12.2. The van der Waals surface area contributed by atoms with E-state index in [1.807, 2.05) is 36.0 Å². The molecule has 6 heteroatoms. The summed E-state index contributed by atoms with van der Waals surface area (Å²) in [4.78, 5) is 12.2. The Kier molecular flexibility index (Phi) is 6.19. The van der Waals surface area contributed by atoms with Gasteiger partial charge in [0, 0.05) is 19.3 Å². The van der Waals surface area contributed by atoms with E-state index >= 15 is 0 Å². The Bertz CT molecular complexity index is 650. The van der Waals surface area contributed by atoms with Gasteiger partial charge in [0.2, 0.25) is 0 Å². The fourth-order valence-corrected chi connectivity index (χ4v) is 2.82. The highest BCUT2D eigenvalue weighted by Gasteiger charge is 2.17. The zero-order valence-electron chi connectivity index (χ0n) is 13.3. The smallest absolute Gasteiger partial charge is 0.272 e. The van der Waals surface area contributed by atoms with Crippen LogP contribution in [0.3, 0.4) is 0 Å². The quantitative estimate of drug-likeness (QED) is 0.903. The van der Waals surface area contributed by atoms with E-state index in [1.54, 1.807) is 6.07 Å². The van der Waals surface area contributed by atoms with E-state index in [4.69, 9.17) is 0 Å². The highest BCUT2D eigenvalue weighted by molar-refractivity contribution is 5.92. The largest absolute Gasteiger partial charge is 0.347 e. The number of hydrogen-bond acceptors (Lipinski definition) is 3. The molecular formula is C17H23ClN4O. The van der Waals surface area contributed by atoms with Crippen LogP contribution in [0.4, 0.5) is 0 Å². The third kappa shape index (κ3) is 4.56. The molecule has 1 fully saturated rings. The summed E-state index contributed by atoms with van der Waals surface area (Å²) < 4.78 is 1.91. The highest BCUT2D eigenvalue weighted by atomic mass is 35.5. The molecule has 2 N–H and O–H groups in total. The maximum Gasteiger partial charge on any atom is 0.272 e. The van der Waals surface area contributed by atoms with Crippen molar-refractivity contribution in [1.82, 2.24) is 20.4 Å². The fourth-order valence-electron chi connectivity index (χ4n) is 2.82. The van der Waals surface area contributed by atoms with Gasteiger partial charge < -0.3 is 10.6 Å². The molecule has 0 bridgehead atoms. The molecule has 1 saturated heterocycles. The molecule has 2 aromatic rings. The van der Waals surface area contributed by atoms with Crippen LogP contribution in [0, 0.1) is 6.92 Å². The first-order valence-corrected chi connectivity index (χ1v) is 7.82. The predicted molar refractivity (Wildman–Crippen MR) is 93.0 cm³/mol. The lowest BCUT2D eigenvalue weighted by molar-refractivity contribution is 0.0944. The van der Waals surface area contributed by atoms with Crippen LogP contribution < -0.4 is 10.6 Å². The molecule has 23 heavy (non-hydrogen) atoms. The number of carbonyl (C=O) groups excluding carboxylic acids is 1. The number of nitrogens with zero attached hydrogens (tertiary/aromatic N) is 2. The van der Waals surface area contributed by atoms with Crippen LogP contribution >= 0.6 is 12.4 Å². The van der Waals surface area contributed by atoms with Crippen LogP contribution in [0.2, 0.25) is 0 Å². The van der Waals surface area contributed by atoms with Gasteiger partial charge in [-0.05, 0) is 37.9 Å². The van der Waals surface area contributed by atoms with Crippen LogP contribution in [0.1, 0.15) is 40.5 Å². The Morgan fingerprint density at radius 2 is 2.30 bits per heavy atom. The molecule has 124 valence electrons. The lowest BCUT2D eigenvalue weighted by Crippen LogP contribution is -2.32. The van der Waals surface area contributed by atoms with Gasteiger partial charge in [-0.2, -0.15) is 5.10 Å². The molecule has 1 aliphatic heterocycles. The van der Waals surface area contributed by atoms with Crippen LogP contribution in [0.15, 0.2) is 36.5 Å². The lowest BCUT2D eigenvalue weighted by atomic mass is 10.1. The minimum atomic E-state index is -0.121. The van der Waals surface area contributed by atoms with Crippen molar-refractivity contribution in [3.05, 3.63) is 53.3 Å². The second kappa shape index (κ2) is 8.13. The normalized spacial score (nSPS) is 17.3. The Hall–Kier alpha value is -1.85. The first kappa shape index (κ1) is 17.5. The molecular weight excluding hydrogens is 312 g/mol. The topological polar surface area (TPSA) is 59.0 Å². The van der Waals surface area contributed by atoms with Gasteiger partial charge in [0.1, 0.15) is 5.69 Å². The molecule has 5 nitrogen and oxygen atoms in total. The fraction of sp³-hybridized carbons (Fsp3) is 0.412. The van der Waals surface area contributed by atoms with Crippen molar-refractivity contribution >= 4 is 18.3 Å². The highest BCUT2D eigenvalue weighted by Crippen LogP contribution is 2.15. The summed E-state index contributed by atoms with van der Waals surface area (Å²) in [6.07, 6.45) is 4.16. The van der Waals surface area contributed by atoms with E-state index < -0.39 is 0 Å². The lowest BCUT2D eigenvalue weighted by Gasteiger charge is -2.22. The molecule has 0 saturated carbocycles. The Labute approximate surface area is 142 Å². The van der Waals surface area contributed by atoms with Crippen molar-refractivity contribution in [2.75, 3.05) is 13.1 Å². The van der Waals surface area contributed by atoms with Crippen LogP contribution in [0.25, 0.3) is 0 Å². The van der Waals surface area contributed by atoms with E-state index in [1.165, 1.54) is 5.56 Å². The van der Waals surface area contributed by atoms with Crippen LogP contribution in [-0.4, -0.2) is 28.8 Å². The summed E-state index contributed by atoms with van der Waals surface area (Å²) in [5.74, 6) is -0.121. The molecule has 1 aromatic heterocycles. The van der Waals surface area contributed by atoms with Crippen molar-refractivity contribution in [3.63, 3.8) is 0 Å². The van der Waals surface area contributed by atoms with E-state index in [9.17, 15) is 4.79 Å². The summed E-state index contributed by atoms with van der Waals surface area (Å²) in [6.45, 7) is 4.57. The zero-order chi connectivity index (χ0) is 15.4. The third-order valence-electron chi connectivity index (χ3n) is 4.02. The minimum absolute atomic E-state index is 0. The molecule has 3 rings (SSSR count). The second-order valence-corrected chi connectivity index (χ2v) is 5.85. The van der Waals surface area contributed by atoms with Gasteiger partial charge in [0.05, 0.1) is 6.04 Å². The average molecular weight is 335 g/mol. The van der Waals surface area contributed by atoms with Gasteiger partial charge in [0.25, 0.3) is 5.91 Å². The molecule has 1 unspecified atom stereocenters. The average Bonchev–Trinajstić information content (AvgIpc) is 3.04. The number of amides is 1. The molecule has 1 atom stereocenters. The predicted octanol–water partition coefficient (Wildman–Crippen LogP) is 2.47. The molecule has 1 amide bonds. The standard InChI is InChI=1S/C17H22N4O.ClH/c1-13-4-2-5-14(10-13)11-19-17(22)16-7-9-21(20-16)15-6-3-8-18-12-15;/h2,4-5,7,9-10,15,18H,3,6,8,11-12H2,1H3,(H,19,22);1H. The van der Waals surface area contributed by atoms with E-state index in [0.717, 1.165) is 31.5 Å². The summed E-state index contributed by atoms with van der Waals surface area (Å²) >= 11 is 0. The number of carbonyl (C=O) groups is 1. The monoisotopic (exact) mass is 334 g/mol. The van der Waals surface area contributed by atoms with Gasteiger partial charge in [-0.15, -0.1) is 12.4 Å². The summed E-state index contributed by atoms with van der Waals surface area (Å²) in [5.41, 5.74) is 2.78. The number of aromatic nitrogens is 2. The molecule has 1 aromatic carbocycles. The molecule has 0 aliphatic carbocycles. The van der Waals surface area contributed by atoms with E-state index in [0.29, 0.717) is 18.3 Å². The first-order chi connectivity index (χ1) is 10.7. The molecule has 2 heterocycles. The Morgan fingerprint density at radius 1 is 1.43 bits per heavy atom. The maximum absolute atomic E-state index is 12.2. The van der Waals surface area contributed by atoms with Gasteiger partial charge in [0.15, 0.2) is 0 Å². The van der Waals surface area contributed by atoms with Gasteiger partial charge in [-0.1, -0.05) is 29.8 Å². The van der Waals surface area contributed by atoms with Gasteiger partial charge in [-0.25, -0.2) is 0 Å². The number of piperidine rings is 1. The van der Waals surface area contributed by atoms with E-state index in [-0.39, 0.29) is 18.3 Å². The molecule has 0 spiro atoms. The van der Waals surface area contributed by atoms with Gasteiger partial charge in [-0.3, -0.25) is 9.48 Å². The summed E-state index contributed by atoms with van der Waals surface area (Å²) in [7, 11) is 0. The minimum Gasteiger partial charge on any atom is -0.347 e. The first-order valence-electron chi connectivity index (χ1n) is 7.82. The molecule has 0 radical (unpaired) electrons. The van der Waals surface area contributed by atoms with Crippen molar-refractivity contribution < 1.29 is 4.79 Å². The second-order valence-electron chi connectivity index (χ2n) is 5.85. The summed E-state index contributed by atoms with van der Waals surface area (Å²) in [5, 5.41) is 10.7. The summed E-state index contributed by atoms with van der Waals surface area (Å²) in [6, 6.07) is 10.3. The number of hydrogen-bond donors (Lipinski definition) is 2. The van der Waals surface area contributed by atoms with Gasteiger partial charge >= 0.3 is 0 Å². The van der Waals surface area contributed by atoms with Crippen molar-refractivity contribution in [1.29, 1.82) is 0 Å². The van der Waals surface area contributed by atoms with E-state index in [2.05, 4.69) is 21.8 Å².